The van der Waals surface area contributed by atoms with Crippen LogP contribution < -0.4 is 14.8 Å². The van der Waals surface area contributed by atoms with Crippen LogP contribution in [0.4, 0.5) is 5.69 Å². The van der Waals surface area contributed by atoms with Crippen molar-refractivity contribution in [2.45, 2.75) is 13.0 Å². The van der Waals surface area contributed by atoms with Crippen LogP contribution in [0.2, 0.25) is 10.0 Å². The molecule has 1 heterocycles. The molecule has 8 heteroatoms. The maximum atomic E-state index is 12.3. The molecule has 0 aromatic heterocycles. The summed E-state index contributed by atoms with van der Waals surface area (Å²) in [5.74, 6) is -0.149. The highest BCUT2D eigenvalue weighted by molar-refractivity contribution is 6.35. The first-order valence-corrected chi connectivity index (χ1v) is 8.56. The molecule has 0 aliphatic carbocycles. The molecule has 26 heavy (non-hydrogen) atoms. The number of fused-ring (bicyclic) bond motifs is 1. The van der Waals surface area contributed by atoms with Gasteiger partial charge in [-0.25, -0.2) is 4.79 Å². The molecular weight excluding hydrogens is 381 g/mol. The van der Waals surface area contributed by atoms with Crippen molar-refractivity contribution < 1.29 is 23.8 Å². The largest absolute Gasteiger partial charge is 0.486 e. The molecule has 1 amide bonds. The number of hydrogen-bond acceptors (Lipinski definition) is 5. The standard InChI is InChI=1S/C18H15Cl2NO5/c1-10(17(22)21-14-9-12(19)3-4-13(14)20)26-18(23)11-2-5-15-16(8-11)25-7-6-24-15/h2-5,8-10H,6-7H2,1H3,(H,21,22). The minimum Gasteiger partial charge on any atom is -0.486 e. The van der Waals surface area contributed by atoms with Gasteiger partial charge in [0.25, 0.3) is 5.91 Å². The summed E-state index contributed by atoms with van der Waals surface area (Å²) in [5.41, 5.74) is 0.598. The Morgan fingerprint density at radius 2 is 1.81 bits per heavy atom. The molecule has 2 aromatic carbocycles. The second-order valence-corrected chi connectivity index (χ2v) is 6.36. The fourth-order valence-electron chi connectivity index (χ4n) is 2.28. The zero-order valence-electron chi connectivity index (χ0n) is 13.8. The van der Waals surface area contributed by atoms with E-state index < -0.39 is 18.0 Å². The van der Waals surface area contributed by atoms with Crippen molar-refractivity contribution in [1.29, 1.82) is 0 Å². The van der Waals surface area contributed by atoms with E-state index in [4.69, 9.17) is 37.4 Å². The van der Waals surface area contributed by atoms with Gasteiger partial charge in [-0.15, -0.1) is 0 Å². The molecule has 0 saturated heterocycles. The summed E-state index contributed by atoms with van der Waals surface area (Å²) in [7, 11) is 0. The third-order valence-corrected chi connectivity index (χ3v) is 4.18. The third-order valence-electron chi connectivity index (χ3n) is 3.62. The fraction of sp³-hybridized carbons (Fsp3) is 0.222. The third kappa shape index (κ3) is 4.20. The van der Waals surface area contributed by atoms with Crippen LogP contribution in [0.25, 0.3) is 0 Å². The highest BCUT2D eigenvalue weighted by Crippen LogP contribution is 2.31. The zero-order chi connectivity index (χ0) is 18.7. The SMILES string of the molecule is CC(OC(=O)c1ccc2c(c1)OCCO2)C(=O)Nc1cc(Cl)ccc1Cl. The zero-order valence-corrected chi connectivity index (χ0v) is 15.3. The lowest BCUT2D eigenvalue weighted by Gasteiger charge is -2.19. The minimum absolute atomic E-state index is 0.259. The average molecular weight is 396 g/mol. The van der Waals surface area contributed by atoms with Crippen LogP contribution in [0.3, 0.4) is 0 Å². The van der Waals surface area contributed by atoms with Crippen molar-refractivity contribution in [2.24, 2.45) is 0 Å². The first-order valence-electron chi connectivity index (χ1n) is 7.80. The molecule has 0 fully saturated rings. The molecule has 0 radical (unpaired) electrons. The predicted octanol–water partition coefficient (Wildman–Crippen LogP) is 3.95. The van der Waals surface area contributed by atoms with Crippen molar-refractivity contribution in [1.82, 2.24) is 0 Å². The van der Waals surface area contributed by atoms with E-state index in [1.54, 1.807) is 24.3 Å². The predicted molar refractivity (Wildman–Crippen MR) is 97.4 cm³/mol. The Bertz CT molecular complexity index is 855. The summed E-state index contributed by atoms with van der Waals surface area (Å²) < 4.78 is 16.0. The Balaban J connectivity index is 1.65. The monoisotopic (exact) mass is 395 g/mol. The Morgan fingerprint density at radius 3 is 2.58 bits per heavy atom. The smallest absolute Gasteiger partial charge is 0.339 e. The van der Waals surface area contributed by atoms with Crippen molar-refractivity contribution in [2.75, 3.05) is 18.5 Å². The number of halogens is 2. The lowest BCUT2D eigenvalue weighted by Crippen LogP contribution is -2.30. The molecule has 1 aliphatic heterocycles. The van der Waals surface area contributed by atoms with Gasteiger partial charge >= 0.3 is 5.97 Å². The Morgan fingerprint density at radius 1 is 1.08 bits per heavy atom. The van der Waals surface area contributed by atoms with Crippen LogP contribution in [0.15, 0.2) is 36.4 Å². The number of esters is 1. The number of rotatable bonds is 4. The Hall–Kier alpha value is -2.44. The minimum atomic E-state index is -1.04. The molecule has 1 unspecified atom stereocenters. The number of nitrogens with one attached hydrogen (secondary N) is 1. The first-order chi connectivity index (χ1) is 12.4. The van der Waals surface area contributed by atoms with E-state index in [0.717, 1.165) is 0 Å². The summed E-state index contributed by atoms with van der Waals surface area (Å²) >= 11 is 11.9. The molecule has 136 valence electrons. The van der Waals surface area contributed by atoms with Crippen LogP contribution in [0, 0.1) is 0 Å². The number of carbonyl (C=O) groups excluding carboxylic acids is 2. The van der Waals surface area contributed by atoms with Crippen molar-refractivity contribution in [3.05, 3.63) is 52.0 Å². The van der Waals surface area contributed by atoms with Gasteiger partial charge in [-0.3, -0.25) is 4.79 Å². The van der Waals surface area contributed by atoms with Crippen molar-refractivity contribution >= 4 is 40.8 Å². The molecule has 6 nitrogen and oxygen atoms in total. The van der Waals surface area contributed by atoms with Gasteiger partial charge in [0.15, 0.2) is 17.6 Å². The fourth-order valence-corrected chi connectivity index (χ4v) is 2.62. The van der Waals surface area contributed by atoms with Crippen LogP contribution in [0.1, 0.15) is 17.3 Å². The first kappa shape index (κ1) is 18.4. The molecule has 1 atom stereocenters. The van der Waals surface area contributed by atoms with Crippen LogP contribution in [0.5, 0.6) is 11.5 Å². The van der Waals surface area contributed by atoms with E-state index >= 15 is 0 Å². The van der Waals surface area contributed by atoms with Gasteiger partial charge in [-0.2, -0.15) is 0 Å². The lowest BCUT2D eigenvalue weighted by molar-refractivity contribution is -0.123. The topological polar surface area (TPSA) is 73.9 Å². The summed E-state index contributed by atoms with van der Waals surface area (Å²) in [4.78, 5) is 24.5. The highest BCUT2D eigenvalue weighted by atomic mass is 35.5. The molecule has 0 saturated carbocycles. The number of hydrogen-bond donors (Lipinski definition) is 1. The molecule has 2 aromatic rings. The number of amides is 1. The second kappa shape index (κ2) is 7.85. The van der Waals surface area contributed by atoms with Gasteiger partial charge in [-0.05, 0) is 43.3 Å². The quantitative estimate of drug-likeness (QED) is 0.793. The maximum Gasteiger partial charge on any atom is 0.339 e. The molecule has 1 aliphatic rings. The Kier molecular flexibility index (Phi) is 5.54. The van der Waals surface area contributed by atoms with E-state index in [-0.39, 0.29) is 5.56 Å². The van der Waals surface area contributed by atoms with Gasteiger partial charge < -0.3 is 19.5 Å². The number of benzene rings is 2. The van der Waals surface area contributed by atoms with E-state index in [1.807, 2.05) is 0 Å². The van der Waals surface area contributed by atoms with Crippen LogP contribution >= 0.6 is 23.2 Å². The normalized spacial score (nSPS) is 13.7. The Labute approximate surface area is 159 Å². The van der Waals surface area contributed by atoms with Gasteiger partial charge in [0.1, 0.15) is 13.2 Å². The van der Waals surface area contributed by atoms with Crippen LogP contribution in [-0.2, 0) is 9.53 Å². The second-order valence-electron chi connectivity index (χ2n) is 5.52. The molecule has 0 spiro atoms. The molecule has 3 rings (SSSR count). The number of anilines is 1. The lowest BCUT2D eigenvalue weighted by atomic mass is 10.2. The van der Waals surface area contributed by atoms with Gasteiger partial charge in [0.05, 0.1) is 16.3 Å². The van der Waals surface area contributed by atoms with E-state index in [0.29, 0.717) is 40.4 Å². The summed E-state index contributed by atoms with van der Waals surface area (Å²) in [6, 6.07) is 9.37. The average Bonchev–Trinajstić information content (AvgIpc) is 2.64. The number of ether oxygens (including phenoxy) is 3. The molecular formula is C18H15Cl2NO5. The summed E-state index contributed by atoms with van der Waals surface area (Å²) in [6.07, 6.45) is -1.04. The maximum absolute atomic E-state index is 12.3. The van der Waals surface area contributed by atoms with E-state index in [9.17, 15) is 9.59 Å². The van der Waals surface area contributed by atoms with E-state index in [1.165, 1.54) is 19.1 Å². The van der Waals surface area contributed by atoms with Crippen molar-refractivity contribution in [3.63, 3.8) is 0 Å². The number of carbonyl (C=O) groups is 2. The van der Waals surface area contributed by atoms with Crippen LogP contribution in [-0.4, -0.2) is 31.2 Å². The summed E-state index contributed by atoms with van der Waals surface area (Å²) in [5, 5.41) is 3.33. The van der Waals surface area contributed by atoms with Gasteiger partial charge in [-0.1, -0.05) is 23.2 Å². The van der Waals surface area contributed by atoms with Gasteiger partial charge in [0, 0.05) is 5.02 Å². The van der Waals surface area contributed by atoms with Crippen molar-refractivity contribution in [3.8, 4) is 11.5 Å². The van der Waals surface area contributed by atoms with E-state index in [2.05, 4.69) is 5.32 Å². The highest BCUT2D eigenvalue weighted by Gasteiger charge is 2.22. The molecule has 1 N–H and O–H groups in total. The summed E-state index contributed by atoms with van der Waals surface area (Å²) in [6.45, 7) is 2.33. The van der Waals surface area contributed by atoms with Gasteiger partial charge in [0.2, 0.25) is 0 Å². The molecule has 0 bridgehead atoms.